The highest BCUT2D eigenvalue weighted by Crippen LogP contribution is 2.59. The van der Waals surface area contributed by atoms with Crippen LogP contribution in [-0.2, 0) is 30.8 Å². The molecule has 250 valence electrons. The highest BCUT2D eigenvalue weighted by molar-refractivity contribution is 7.96. The molecule has 0 bridgehead atoms. The van der Waals surface area contributed by atoms with Gasteiger partial charge in [-0.2, -0.15) is 0 Å². The molecule has 2 saturated carbocycles. The SMILES string of the molecule is C=S(=O)(NC(=O)c1ccc2c(C3CCCCC3)c3n(c2c1)CC1(NC(=O)C(=O)N2CCOCC2)CC1c1cc(OC)ccc1-3)N(C)C. The molecule has 3 heterocycles. The number of hydrogen-bond donors (Lipinski definition) is 2. The number of morpholine rings is 1. The Bertz CT molecular complexity index is 1870. The molecular formula is C35H43N5O6S. The number of aromatic nitrogens is 1. The molecule has 3 fully saturated rings. The molecule has 12 heteroatoms. The Morgan fingerprint density at radius 3 is 2.51 bits per heavy atom. The van der Waals surface area contributed by atoms with Crippen molar-refractivity contribution in [3.05, 3.63) is 53.1 Å². The van der Waals surface area contributed by atoms with Crippen molar-refractivity contribution < 1.29 is 28.1 Å². The molecule has 3 atom stereocenters. The molecule has 2 aliphatic heterocycles. The predicted octanol–water partition coefficient (Wildman–Crippen LogP) is 3.42. The van der Waals surface area contributed by atoms with E-state index in [0.717, 1.165) is 59.2 Å². The van der Waals surface area contributed by atoms with Crippen LogP contribution in [0, 0.1) is 0 Å². The number of hydrogen-bond acceptors (Lipinski definition) is 6. The Morgan fingerprint density at radius 2 is 1.81 bits per heavy atom. The van der Waals surface area contributed by atoms with Gasteiger partial charge in [0.25, 0.3) is 5.91 Å². The van der Waals surface area contributed by atoms with Crippen LogP contribution in [-0.4, -0.2) is 94.6 Å². The van der Waals surface area contributed by atoms with E-state index in [-0.39, 0.29) is 5.92 Å². The van der Waals surface area contributed by atoms with E-state index in [1.807, 2.05) is 18.2 Å². The van der Waals surface area contributed by atoms with Gasteiger partial charge in [-0.1, -0.05) is 25.3 Å². The maximum absolute atomic E-state index is 13.6. The summed E-state index contributed by atoms with van der Waals surface area (Å²) in [4.78, 5) is 41.8. The molecule has 4 aliphatic rings. The lowest BCUT2D eigenvalue weighted by Crippen LogP contribution is -2.52. The Balaban J connectivity index is 1.38. The Hall–Kier alpha value is -3.87. The van der Waals surface area contributed by atoms with Crippen molar-refractivity contribution in [2.45, 2.75) is 62.4 Å². The zero-order valence-corrected chi connectivity index (χ0v) is 28.1. The van der Waals surface area contributed by atoms with Gasteiger partial charge in [-0.05, 0) is 72.5 Å². The second-order valence-corrected chi connectivity index (χ2v) is 15.7. The molecule has 47 heavy (non-hydrogen) atoms. The van der Waals surface area contributed by atoms with Gasteiger partial charge in [-0.25, -0.2) is 8.51 Å². The largest absolute Gasteiger partial charge is 0.497 e. The zero-order valence-electron chi connectivity index (χ0n) is 27.3. The zero-order chi connectivity index (χ0) is 33.1. The molecule has 7 rings (SSSR count). The summed E-state index contributed by atoms with van der Waals surface area (Å²) in [6.45, 7) is 2.03. The molecular weight excluding hydrogens is 618 g/mol. The number of nitrogens with one attached hydrogen (secondary N) is 2. The minimum atomic E-state index is -3.00. The number of carbonyl (C=O) groups is 3. The molecule has 2 aliphatic carbocycles. The third-order valence-electron chi connectivity index (χ3n) is 10.5. The molecule has 0 radical (unpaired) electrons. The molecule has 1 aromatic heterocycles. The first-order valence-electron chi connectivity index (χ1n) is 16.4. The van der Waals surface area contributed by atoms with Crippen LogP contribution in [0.4, 0.5) is 0 Å². The van der Waals surface area contributed by atoms with Crippen molar-refractivity contribution in [3.63, 3.8) is 0 Å². The Kier molecular flexibility index (Phi) is 8.08. The summed E-state index contributed by atoms with van der Waals surface area (Å²) in [5.41, 5.74) is 5.07. The summed E-state index contributed by atoms with van der Waals surface area (Å²) in [5, 5.41) is 4.26. The quantitative estimate of drug-likeness (QED) is 0.309. The van der Waals surface area contributed by atoms with Crippen molar-refractivity contribution in [2.75, 3.05) is 47.5 Å². The van der Waals surface area contributed by atoms with Crippen molar-refractivity contribution in [2.24, 2.45) is 0 Å². The summed E-state index contributed by atoms with van der Waals surface area (Å²) in [7, 11) is 1.87. The smallest absolute Gasteiger partial charge is 0.312 e. The van der Waals surface area contributed by atoms with Crippen molar-refractivity contribution in [1.29, 1.82) is 0 Å². The average Bonchev–Trinajstić information content (AvgIpc) is 3.71. The molecule has 11 nitrogen and oxygen atoms in total. The molecule has 3 amide bonds. The number of benzene rings is 2. The fraction of sp³-hybridized carbons (Fsp3) is 0.486. The van der Waals surface area contributed by atoms with Crippen LogP contribution >= 0.6 is 0 Å². The topological polar surface area (TPSA) is 122 Å². The first-order valence-corrected chi connectivity index (χ1v) is 18.1. The molecule has 0 spiro atoms. The van der Waals surface area contributed by atoms with Gasteiger partial charge in [-0.3, -0.25) is 19.1 Å². The molecule has 2 N–H and O–H groups in total. The predicted molar refractivity (Wildman–Crippen MR) is 182 cm³/mol. The molecule has 3 aromatic rings. The van der Waals surface area contributed by atoms with Gasteiger partial charge in [0.15, 0.2) is 0 Å². The van der Waals surface area contributed by atoms with E-state index in [1.54, 1.807) is 32.2 Å². The summed E-state index contributed by atoms with van der Waals surface area (Å²) in [6, 6.07) is 11.8. The van der Waals surface area contributed by atoms with Crippen LogP contribution in [0.25, 0.3) is 22.2 Å². The average molecular weight is 662 g/mol. The third-order valence-corrected chi connectivity index (χ3v) is 12.2. The lowest BCUT2D eigenvalue weighted by molar-refractivity contribution is -0.149. The number of carbonyl (C=O) groups excluding carboxylic acids is 3. The van der Waals surface area contributed by atoms with E-state index in [0.29, 0.717) is 50.8 Å². The number of fused-ring (bicyclic) bond motifs is 7. The Labute approximate surface area is 275 Å². The van der Waals surface area contributed by atoms with Gasteiger partial charge < -0.3 is 24.3 Å². The van der Waals surface area contributed by atoms with Crippen LogP contribution in [0.5, 0.6) is 5.75 Å². The number of nitrogens with zero attached hydrogens (tertiary/aromatic N) is 3. The van der Waals surface area contributed by atoms with Crippen LogP contribution < -0.4 is 14.8 Å². The van der Waals surface area contributed by atoms with Gasteiger partial charge >= 0.3 is 11.8 Å². The van der Waals surface area contributed by atoms with E-state index in [4.69, 9.17) is 9.47 Å². The minimum absolute atomic E-state index is 0.0226. The fourth-order valence-electron chi connectivity index (χ4n) is 7.78. The summed E-state index contributed by atoms with van der Waals surface area (Å²) >= 11 is 0. The standard InChI is InChI=1S/C35H43N5O6S/c1-38(2)47(4,44)37-32(41)23-10-12-26-29(18-23)40-21-35(36-33(42)34(43)39-14-16-46-17-15-39)20-28(35)27-19-24(45-3)11-13-25(27)31(40)30(26)22-8-6-5-7-9-22/h10-13,18-19,22,28H,4-9,14-17,20-21H2,1-3H3,(H,36,42)(H,37,41,44). The van der Waals surface area contributed by atoms with Gasteiger partial charge in [0, 0.05) is 61.7 Å². The van der Waals surface area contributed by atoms with Crippen molar-refractivity contribution in [3.8, 4) is 17.0 Å². The molecule has 3 unspecified atom stereocenters. The highest BCUT2D eigenvalue weighted by atomic mass is 32.2. The molecule has 1 saturated heterocycles. The van der Waals surface area contributed by atoms with Gasteiger partial charge in [0.2, 0.25) is 0 Å². The van der Waals surface area contributed by atoms with Crippen LogP contribution in [0.15, 0.2) is 36.4 Å². The van der Waals surface area contributed by atoms with E-state index in [2.05, 4.69) is 32.6 Å². The maximum Gasteiger partial charge on any atom is 0.312 e. The van der Waals surface area contributed by atoms with E-state index >= 15 is 0 Å². The number of methoxy groups -OCH3 is 1. The van der Waals surface area contributed by atoms with Crippen LogP contribution in [0.1, 0.15) is 71.8 Å². The minimum Gasteiger partial charge on any atom is -0.497 e. The number of rotatable bonds is 6. The second-order valence-electron chi connectivity index (χ2n) is 13.5. The maximum atomic E-state index is 13.6. The fourth-order valence-corrected chi connectivity index (χ4v) is 8.37. The van der Waals surface area contributed by atoms with Gasteiger partial charge in [-0.15, -0.1) is 0 Å². The second kappa shape index (κ2) is 12.0. The first-order chi connectivity index (χ1) is 22.5. The number of amides is 3. The first kappa shape index (κ1) is 31.7. The lowest BCUT2D eigenvalue weighted by atomic mass is 9.81. The third kappa shape index (κ3) is 5.59. The van der Waals surface area contributed by atoms with Crippen molar-refractivity contribution in [1.82, 2.24) is 23.8 Å². The van der Waals surface area contributed by atoms with E-state index < -0.39 is 33.2 Å². The monoisotopic (exact) mass is 661 g/mol. The normalized spacial score (nSPS) is 23.6. The van der Waals surface area contributed by atoms with E-state index in [1.165, 1.54) is 16.3 Å². The van der Waals surface area contributed by atoms with Gasteiger partial charge in [0.05, 0.1) is 31.6 Å². The summed E-state index contributed by atoms with van der Waals surface area (Å²) in [6.07, 6.45) is 6.34. The summed E-state index contributed by atoms with van der Waals surface area (Å²) in [5.74, 6) is 3.14. The lowest BCUT2D eigenvalue weighted by Gasteiger charge is -2.27. The summed E-state index contributed by atoms with van der Waals surface area (Å²) < 4.78 is 30.3. The Morgan fingerprint density at radius 1 is 1.06 bits per heavy atom. The van der Waals surface area contributed by atoms with Gasteiger partial charge in [0.1, 0.15) is 15.6 Å². The number of ether oxygens (including phenoxy) is 2. The van der Waals surface area contributed by atoms with Crippen molar-refractivity contribution >= 4 is 44.4 Å². The highest BCUT2D eigenvalue weighted by Gasteiger charge is 2.59. The van der Waals surface area contributed by atoms with Crippen LogP contribution in [0.2, 0.25) is 0 Å². The van der Waals surface area contributed by atoms with Crippen LogP contribution in [0.3, 0.4) is 0 Å². The molecule has 2 aromatic carbocycles. The van der Waals surface area contributed by atoms with E-state index in [9.17, 15) is 18.6 Å².